The van der Waals surface area contributed by atoms with Crippen molar-refractivity contribution in [3.63, 3.8) is 0 Å². The summed E-state index contributed by atoms with van der Waals surface area (Å²) in [6, 6.07) is 3.29. The average Bonchev–Trinajstić information content (AvgIpc) is 2.80. The van der Waals surface area contributed by atoms with Gasteiger partial charge in [-0.05, 0) is 83.8 Å². The first-order valence-electron chi connectivity index (χ1n) is 13.8. The van der Waals surface area contributed by atoms with Crippen LogP contribution in [0.4, 0.5) is 10.6 Å². The van der Waals surface area contributed by atoms with Crippen molar-refractivity contribution < 1.29 is 29.0 Å². The third-order valence-corrected chi connectivity index (χ3v) is 7.60. The molecule has 4 rings (SSSR count). The van der Waals surface area contributed by atoms with E-state index < -0.39 is 29.1 Å². The Labute approximate surface area is 224 Å². The predicted octanol–water partition coefficient (Wildman–Crippen LogP) is 3.38. The Hall–Kier alpha value is -2.88. The van der Waals surface area contributed by atoms with Crippen molar-refractivity contribution in [3.05, 3.63) is 23.4 Å². The van der Waals surface area contributed by atoms with Crippen LogP contribution in [0.3, 0.4) is 0 Å². The van der Waals surface area contributed by atoms with E-state index in [9.17, 15) is 19.5 Å². The monoisotopic (exact) mass is 530 g/mol. The molecule has 10 nitrogen and oxygen atoms in total. The Bertz CT molecular complexity index is 1030. The lowest BCUT2D eigenvalue weighted by atomic mass is 9.79. The normalized spacial score (nSPS) is 22.7. The molecule has 210 valence electrons. The molecule has 1 atom stereocenters. The molecule has 3 aliphatic rings. The molecule has 0 radical (unpaired) electrons. The highest BCUT2D eigenvalue weighted by Crippen LogP contribution is 2.34. The number of ether oxygens (including phenoxy) is 2. The number of carboxylic acid groups (broad SMARTS) is 1. The number of carboxylic acids is 1. The van der Waals surface area contributed by atoms with Gasteiger partial charge in [-0.15, -0.1) is 0 Å². The first kappa shape index (κ1) is 28.1. The van der Waals surface area contributed by atoms with Crippen molar-refractivity contribution >= 4 is 23.8 Å². The topological polar surface area (TPSA) is 130 Å². The SMILES string of the molecule is CC(C)(C)OC(=O)N1CC(C)(C(=O)NC(CCOC2CC(CCc3ccc4c(n3)NCCC4)C2)C(=O)O)C1. The first-order valence-corrected chi connectivity index (χ1v) is 13.8. The highest BCUT2D eigenvalue weighted by Gasteiger charge is 2.49. The van der Waals surface area contributed by atoms with Gasteiger partial charge in [-0.25, -0.2) is 14.6 Å². The molecular weight excluding hydrogens is 488 g/mol. The van der Waals surface area contributed by atoms with E-state index in [-0.39, 0.29) is 38.1 Å². The molecule has 2 fully saturated rings. The highest BCUT2D eigenvalue weighted by molar-refractivity contribution is 5.89. The zero-order valence-electron chi connectivity index (χ0n) is 23.0. The number of aliphatic carboxylic acids is 1. The van der Waals surface area contributed by atoms with Gasteiger partial charge in [-0.1, -0.05) is 6.07 Å². The number of rotatable bonds is 10. The third kappa shape index (κ3) is 7.15. The molecule has 10 heteroatoms. The van der Waals surface area contributed by atoms with Crippen LogP contribution in [0.5, 0.6) is 0 Å². The zero-order chi connectivity index (χ0) is 27.5. The lowest BCUT2D eigenvalue weighted by molar-refractivity contribution is -0.148. The minimum Gasteiger partial charge on any atom is -0.480 e. The van der Waals surface area contributed by atoms with Crippen LogP contribution in [0.25, 0.3) is 0 Å². The van der Waals surface area contributed by atoms with Crippen LogP contribution < -0.4 is 10.6 Å². The predicted molar refractivity (Wildman–Crippen MR) is 142 cm³/mol. The van der Waals surface area contributed by atoms with E-state index in [0.29, 0.717) is 5.92 Å². The van der Waals surface area contributed by atoms with Crippen LogP contribution in [-0.4, -0.2) is 76.9 Å². The number of fused-ring (bicyclic) bond motifs is 1. The van der Waals surface area contributed by atoms with Crippen LogP contribution in [0.15, 0.2) is 12.1 Å². The fourth-order valence-corrected chi connectivity index (χ4v) is 5.24. The minimum absolute atomic E-state index is 0.134. The number of carbonyl (C=O) groups excluding carboxylic acids is 2. The summed E-state index contributed by atoms with van der Waals surface area (Å²) < 4.78 is 11.2. The van der Waals surface area contributed by atoms with Gasteiger partial charge < -0.3 is 30.1 Å². The number of pyridine rings is 1. The van der Waals surface area contributed by atoms with Gasteiger partial charge in [0.25, 0.3) is 0 Å². The molecule has 1 unspecified atom stereocenters. The molecule has 38 heavy (non-hydrogen) atoms. The Balaban J connectivity index is 1.12. The molecule has 1 aromatic heterocycles. The second-order valence-electron chi connectivity index (χ2n) is 12.3. The number of carbonyl (C=O) groups is 3. The Morgan fingerprint density at radius 2 is 2.00 bits per heavy atom. The van der Waals surface area contributed by atoms with Crippen molar-refractivity contribution in [2.45, 2.75) is 90.4 Å². The van der Waals surface area contributed by atoms with Gasteiger partial charge in [-0.2, -0.15) is 0 Å². The van der Waals surface area contributed by atoms with Crippen molar-refractivity contribution in [1.29, 1.82) is 0 Å². The quantitative estimate of drug-likeness (QED) is 0.420. The fourth-order valence-electron chi connectivity index (χ4n) is 5.24. The number of anilines is 1. The maximum absolute atomic E-state index is 12.8. The lowest BCUT2D eigenvalue weighted by Gasteiger charge is -2.46. The number of aryl methyl sites for hydroxylation is 2. The van der Waals surface area contributed by atoms with Crippen LogP contribution >= 0.6 is 0 Å². The summed E-state index contributed by atoms with van der Waals surface area (Å²) in [5.41, 5.74) is 0.973. The number of aromatic nitrogens is 1. The van der Waals surface area contributed by atoms with Gasteiger partial charge in [0.15, 0.2) is 0 Å². The maximum Gasteiger partial charge on any atom is 0.410 e. The van der Waals surface area contributed by atoms with Gasteiger partial charge >= 0.3 is 12.1 Å². The van der Waals surface area contributed by atoms with E-state index in [0.717, 1.165) is 56.6 Å². The maximum atomic E-state index is 12.8. The van der Waals surface area contributed by atoms with Crippen LogP contribution in [0, 0.1) is 11.3 Å². The molecule has 1 aromatic rings. The van der Waals surface area contributed by atoms with Crippen LogP contribution in [-0.2, 0) is 31.9 Å². The van der Waals surface area contributed by atoms with Crippen molar-refractivity contribution in [2.24, 2.45) is 11.3 Å². The third-order valence-electron chi connectivity index (χ3n) is 7.60. The first-order chi connectivity index (χ1) is 17.9. The minimum atomic E-state index is -1.09. The Morgan fingerprint density at radius 3 is 2.68 bits per heavy atom. The summed E-state index contributed by atoms with van der Waals surface area (Å²) in [6.07, 6.45) is 6.05. The second kappa shape index (κ2) is 11.5. The van der Waals surface area contributed by atoms with Gasteiger partial charge in [0.2, 0.25) is 5.91 Å². The summed E-state index contributed by atoms with van der Waals surface area (Å²) in [5, 5.41) is 15.6. The molecule has 3 heterocycles. The Kier molecular flexibility index (Phi) is 8.49. The van der Waals surface area contributed by atoms with Gasteiger partial charge in [0.05, 0.1) is 11.5 Å². The molecule has 1 aliphatic carbocycles. The largest absolute Gasteiger partial charge is 0.480 e. The number of hydrogen-bond acceptors (Lipinski definition) is 7. The molecule has 1 saturated heterocycles. The number of nitrogens with one attached hydrogen (secondary N) is 2. The average molecular weight is 531 g/mol. The molecule has 2 aliphatic heterocycles. The number of likely N-dealkylation sites (tertiary alicyclic amines) is 1. The van der Waals surface area contributed by atoms with Crippen molar-refractivity contribution in [2.75, 3.05) is 31.6 Å². The summed E-state index contributed by atoms with van der Waals surface area (Å²) in [5.74, 6) is 0.161. The molecule has 3 N–H and O–H groups in total. The molecule has 2 amide bonds. The molecule has 1 saturated carbocycles. The summed E-state index contributed by atoms with van der Waals surface area (Å²) in [6.45, 7) is 8.72. The second-order valence-corrected chi connectivity index (χ2v) is 12.3. The molecule has 0 bridgehead atoms. The fraction of sp³-hybridized carbons (Fsp3) is 0.714. The lowest BCUT2D eigenvalue weighted by Crippen LogP contribution is -2.65. The van der Waals surface area contributed by atoms with E-state index in [1.54, 1.807) is 27.7 Å². The molecular formula is C28H42N4O6. The number of hydrogen-bond donors (Lipinski definition) is 3. The van der Waals surface area contributed by atoms with Crippen molar-refractivity contribution in [3.8, 4) is 0 Å². The van der Waals surface area contributed by atoms with E-state index >= 15 is 0 Å². The smallest absolute Gasteiger partial charge is 0.410 e. The van der Waals surface area contributed by atoms with Gasteiger partial charge in [-0.3, -0.25) is 4.79 Å². The van der Waals surface area contributed by atoms with E-state index in [2.05, 4.69) is 22.8 Å². The van der Waals surface area contributed by atoms with Crippen molar-refractivity contribution in [1.82, 2.24) is 15.2 Å². The van der Waals surface area contributed by atoms with E-state index in [4.69, 9.17) is 14.5 Å². The number of nitrogens with zero attached hydrogens (tertiary/aromatic N) is 2. The summed E-state index contributed by atoms with van der Waals surface area (Å²) in [4.78, 5) is 42.9. The number of amides is 2. The van der Waals surface area contributed by atoms with Crippen LogP contribution in [0.2, 0.25) is 0 Å². The van der Waals surface area contributed by atoms with E-state index in [1.807, 2.05) is 0 Å². The summed E-state index contributed by atoms with van der Waals surface area (Å²) in [7, 11) is 0. The van der Waals surface area contributed by atoms with Gasteiger partial charge in [0.1, 0.15) is 17.5 Å². The summed E-state index contributed by atoms with van der Waals surface area (Å²) >= 11 is 0. The van der Waals surface area contributed by atoms with E-state index in [1.165, 1.54) is 10.5 Å². The molecule has 0 spiro atoms. The van der Waals surface area contributed by atoms with Gasteiger partial charge in [0, 0.05) is 38.4 Å². The zero-order valence-corrected chi connectivity index (χ0v) is 23.0. The Morgan fingerprint density at radius 1 is 1.26 bits per heavy atom. The van der Waals surface area contributed by atoms with Crippen LogP contribution in [0.1, 0.15) is 71.1 Å². The molecule has 0 aromatic carbocycles. The standard InChI is InChI=1S/C28H42N4O6/c1-27(2,3)38-26(36)32-16-28(4,17-32)25(35)31-22(24(33)34)11-13-37-21-14-18(15-21)7-9-20-10-8-19-6-5-12-29-23(19)30-20/h8,10,18,21-22H,5-7,9,11-17H2,1-4H3,(H,29,30)(H,31,35)(H,33,34). The highest BCUT2D eigenvalue weighted by atomic mass is 16.6.